The van der Waals surface area contributed by atoms with Gasteiger partial charge in [0.2, 0.25) is 0 Å². The van der Waals surface area contributed by atoms with Gasteiger partial charge in [-0.05, 0) is 37.6 Å². The minimum absolute atomic E-state index is 0.0640. The zero-order chi connectivity index (χ0) is 19.6. The van der Waals surface area contributed by atoms with Crippen molar-refractivity contribution in [1.29, 1.82) is 0 Å². The Kier molecular flexibility index (Phi) is 6.15. The number of hydrogen-bond donors (Lipinski definition) is 1. The molecule has 0 aliphatic carbocycles. The second-order valence-electron chi connectivity index (χ2n) is 5.23. The van der Waals surface area contributed by atoms with E-state index in [1.165, 1.54) is 19.9 Å². The summed E-state index contributed by atoms with van der Waals surface area (Å²) >= 11 is 11.8. The summed E-state index contributed by atoms with van der Waals surface area (Å²) in [5, 5.41) is 1.67. The van der Waals surface area contributed by atoms with Gasteiger partial charge in [-0.3, -0.25) is 15.0 Å². The van der Waals surface area contributed by atoms with Crippen LogP contribution in [-0.2, 0) is 0 Å². The normalized spacial score (nSPS) is 10.6. The molecule has 0 saturated heterocycles. The molecule has 0 radical (unpaired) electrons. The highest BCUT2D eigenvalue weighted by atomic mass is 35.5. The third-order valence-corrected chi connectivity index (χ3v) is 4.47. The molecule has 2 aromatic carbocycles. The molecule has 0 aromatic heterocycles. The molecule has 9 heteroatoms. The van der Waals surface area contributed by atoms with E-state index in [0.717, 1.165) is 23.1 Å². The summed E-state index contributed by atoms with van der Waals surface area (Å²) in [5.41, 5.74) is -0.902. The number of anilines is 1. The quantitative estimate of drug-likeness (QED) is 0.723. The Labute approximate surface area is 157 Å². The van der Waals surface area contributed by atoms with Gasteiger partial charge in [0.1, 0.15) is 17.2 Å². The number of amides is 3. The predicted octanol–water partition coefficient (Wildman–Crippen LogP) is 5.10. The molecule has 0 spiro atoms. The Morgan fingerprint density at radius 1 is 1.15 bits per heavy atom. The fourth-order valence-corrected chi connectivity index (χ4v) is 2.68. The second-order valence-corrected chi connectivity index (χ2v) is 6.02. The molecular weight excluding hydrogens is 392 g/mol. The van der Waals surface area contributed by atoms with Gasteiger partial charge in [0.15, 0.2) is 5.82 Å². The topological polar surface area (TPSA) is 49.4 Å². The summed E-state index contributed by atoms with van der Waals surface area (Å²) in [5.74, 6) is -4.47. The van der Waals surface area contributed by atoms with E-state index in [2.05, 4.69) is 0 Å². The highest BCUT2D eigenvalue weighted by Crippen LogP contribution is 2.34. The first-order chi connectivity index (χ1) is 12.2. The third-order valence-electron chi connectivity index (χ3n) is 3.63. The Morgan fingerprint density at radius 3 is 2.27 bits per heavy atom. The zero-order valence-corrected chi connectivity index (χ0v) is 15.2. The van der Waals surface area contributed by atoms with Gasteiger partial charge in [0.05, 0.1) is 10.7 Å². The van der Waals surface area contributed by atoms with Gasteiger partial charge in [-0.1, -0.05) is 29.3 Å². The third kappa shape index (κ3) is 3.78. The number of carbonyl (C=O) groups is 2. The smallest absolute Gasteiger partial charge is 0.291 e. The van der Waals surface area contributed by atoms with E-state index in [-0.39, 0.29) is 27.8 Å². The van der Waals surface area contributed by atoms with Crippen LogP contribution in [0.5, 0.6) is 0 Å². The van der Waals surface area contributed by atoms with Gasteiger partial charge < -0.3 is 0 Å². The maximum absolute atomic E-state index is 14.4. The van der Waals surface area contributed by atoms with Crippen LogP contribution in [-0.4, -0.2) is 18.5 Å². The number of benzene rings is 2. The fourth-order valence-electron chi connectivity index (χ4n) is 2.24. The Hall–Kier alpha value is -2.25. The van der Waals surface area contributed by atoms with E-state index in [4.69, 9.17) is 23.2 Å². The van der Waals surface area contributed by atoms with Gasteiger partial charge in [-0.25, -0.2) is 18.0 Å². The molecule has 0 heterocycles. The van der Waals surface area contributed by atoms with E-state index >= 15 is 0 Å². The van der Waals surface area contributed by atoms with Gasteiger partial charge in [0, 0.05) is 11.6 Å². The first-order valence-electron chi connectivity index (χ1n) is 7.40. The van der Waals surface area contributed by atoms with Crippen LogP contribution in [0.3, 0.4) is 0 Å². The number of carbonyl (C=O) groups excluding carboxylic acids is 2. The molecule has 4 nitrogen and oxygen atoms in total. The first kappa shape index (κ1) is 20.1. The summed E-state index contributed by atoms with van der Waals surface area (Å²) in [7, 11) is 0. The monoisotopic (exact) mass is 404 g/mol. The molecule has 0 unspecified atom stereocenters. The van der Waals surface area contributed by atoms with Crippen molar-refractivity contribution in [2.24, 2.45) is 0 Å². The average molecular weight is 405 g/mol. The Balaban J connectivity index is 2.35. The maximum Gasteiger partial charge on any atom is 0.328 e. The lowest BCUT2D eigenvalue weighted by atomic mass is 10.2. The van der Waals surface area contributed by atoms with E-state index in [0.29, 0.717) is 0 Å². The van der Waals surface area contributed by atoms with Crippen LogP contribution in [0.4, 0.5) is 23.7 Å². The van der Waals surface area contributed by atoms with E-state index < -0.39 is 35.0 Å². The lowest BCUT2D eigenvalue weighted by Crippen LogP contribution is -2.44. The number of nitrogens with zero attached hydrogens (tertiary/aromatic N) is 1. The molecule has 2 rings (SSSR count). The van der Waals surface area contributed by atoms with Crippen molar-refractivity contribution in [3.8, 4) is 0 Å². The van der Waals surface area contributed by atoms with E-state index in [9.17, 15) is 22.8 Å². The van der Waals surface area contributed by atoms with Crippen molar-refractivity contribution in [2.75, 3.05) is 11.4 Å². The molecule has 0 atom stereocenters. The van der Waals surface area contributed by atoms with Crippen LogP contribution in [0.1, 0.15) is 22.8 Å². The minimum atomic E-state index is -1.30. The average Bonchev–Trinajstić information content (AvgIpc) is 2.57. The summed E-state index contributed by atoms with van der Waals surface area (Å²) in [6, 6.07) is 2.91. The minimum Gasteiger partial charge on any atom is -0.291 e. The van der Waals surface area contributed by atoms with E-state index in [1.54, 1.807) is 0 Å². The zero-order valence-electron chi connectivity index (χ0n) is 13.7. The van der Waals surface area contributed by atoms with Crippen molar-refractivity contribution in [1.82, 2.24) is 5.32 Å². The number of nitrogens with one attached hydrogen (secondary N) is 1. The van der Waals surface area contributed by atoms with Crippen molar-refractivity contribution >= 4 is 40.8 Å². The van der Waals surface area contributed by atoms with Gasteiger partial charge in [-0.2, -0.15) is 0 Å². The van der Waals surface area contributed by atoms with Gasteiger partial charge in [0.25, 0.3) is 5.91 Å². The Bertz CT molecular complexity index is 871. The van der Waals surface area contributed by atoms with Crippen LogP contribution in [0.25, 0.3) is 0 Å². The highest BCUT2D eigenvalue weighted by Gasteiger charge is 2.25. The van der Waals surface area contributed by atoms with Crippen molar-refractivity contribution in [2.45, 2.75) is 13.8 Å². The summed E-state index contributed by atoms with van der Waals surface area (Å²) in [6.45, 7) is 2.94. The predicted molar refractivity (Wildman–Crippen MR) is 93.4 cm³/mol. The molecule has 2 aromatic rings. The van der Waals surface area contributed by atoms with Crippen LogP contribution in [0.15, 0.2) is 24.3 Å². The maximum atomic E-state index is 14.4. The van der Waals surface area contributed by atoms with Crippen molar-refractivity contribution in [3.63, 3.8) is 0 Å². The van der Waals surface area contributed by atoms with Gasteiger partial charge in [-0.15, -0.1) is 0 Å². The summed E-state index contributed by atoms with van der Waals surface area (Å²) in [6.07, 6.45) is 0. The second kappa shape index (κ2) is 7.97. The highest BCUT2D eigenvalue weighted by molar-refractivity contribution is 6.36. The molecule has 3 amide bonds. The number of urea groups is 1. The largest absolute Gasteiger partial charge is 0.328 e. The molecule has 26 heavy (non-hydrogen) atoms. The number of imide groups is 1. The summed E-state index contributed by atoms with van der Waals surface area (Å²) < 4.78 is 41.7. The van der Waals surface area contributed by atoms with Crippen LogP contribution in [0, 0.1) is 24.4 Å². The number of rotatable bonds is 3. The molecule has 0 saturated carbocycles. The lowest BCUT2D eigenvalue weighted by molar-refractivity contribution is 0.0957. The molecular formula is C17H13Cl2F3N2O2. The Morgan fingerprint density at radius 2 is 1.73 bits per heavy atom. The van der Waals surface area contributed by atoms with Crippen molar-refractivity contribution < 1.29 is 22.8 Å². The SMILES string of the molecule is CCN(C(=O)NC(=O)c1c(F)cccc1F)c1cc(Cl)c(C)c(Cl)c1F. The standard InChI is InChI=1S/C17H13Cl2F3N2O2/c1-3-24(12-7-9(18)8(2)14(19)15(12)22)17(26)23-16(25)13-10(20)5-4-6-11(13)21/h4-7H,3H2,1-2H3,(H,23,25,26). The lowest BCUT2D eigenvalue weighted by Gasteiger charge is -2.23. The van der Waals surface area contributed by atoms with Crippen LogP contribution in [0.2, 0.25) is 10.0 Å². The molecule has 138 valence electrons. The van der Waals surface area contributed by atoms with Gasteiger partial charge >= 0.3 is 6.03 Å². The number of halogens is 5. The van der Waals surface area contributed by atoms with Crippen LogP contribution >= 0.6 is 23.2 Å². The first-order valence-corrected chi connectivity index (χ1v) is 8.15. The molecule has 0 aliphatic heterocycles. The molecule has 0 fully saturated rings. The van der Waals surface area contributed by atoms with Crippen molar-refractivity contribution in [3.05, 3.63) is 62.9 Å². The molecule has 1 N–H and O–H groups in total. The molecule has 0 bridgehead atoms. The van der Waals surface area contributed by atoms with E-state index in [1.807, 2.05) is 5.32 Å². The fraction of sp³-hybridized carbons (Fsp3) is 0.176. The number of hydrogen-bond acceptors (Lipinski definition) is 2. The van der Waals surface area contributed by atoms with Crippen LogP contribution < -0.4 is 10.2 Å². The molecule has 0 aliphatic rings. The summed E-state index contributed by atoms with van der Waals surface area (Å²) in [4.78, 5) is 25.2.